The Labute approximate surface area is 215 Å². The van der Waals surface area contributed by atoms with Crippen molar-refractivity contribution >= 4 is 40.8 Å². The number of hydrogen-bond donors (Lipinski definition) is 1. The van der Waals surface area contributed by atoms with Crippen molar-refractivity contribution in [1.82, 2.24) is 15.2 Å². The van der Waals surface area contributed by atoms with Gasteiger partial charge in [0.05, 0.1) is 11.5 Å². The molecule has 1 aliphatic heterocycles. The molecule has 8 heteroatoms. The molecule has 1 aliphatic rings. The zero-order valence-corrected chi connectivity index (χ0v) is 21.1. The second kappa shape index (κ2) is 11.6. The zero-order chi connectivity index (χ0) is 24.8. The zero-order valence-electron chi connectivity index (χ0n) is 19.6. The molecule has 0 saturated carbocycles. The average molecular weight is 511 g/mol. The molecule has 1 unspecified atom stereocenters. The van der Waals surface area contributed by atoms with Crippen molar-refractivity contribution in [2.75, 3.05) is 37.6 Å². The van der Waals surface area contributed by atoms with Crippen molar-refractivity contribution < 1.29 is 9.59 Å². The number of amides is 2. The van der Waals surface area contributed by atoms with E-state index in [0.717, 1.165) is 16.9 Å². The monoisotopic (exact) mass is 510 g/mol. The minimum absolute atomic E-state index is 0.115. The molecule has 0 bridgehead atoms. The predicted molar refractivity (Wildman–Crippen MR) is 140 cm³/mol. The third-order valence-electron chi connectivity index (χ3n) is 6.25. The summed E-state index contributed by atoms with van der Waals surface area (Å²) in [5, 5.41) is 4.28. The van der Waals surface area contributed by atoms with E-state index in [9.17, 15) is 9.59 Å². The molecule has 0 radical (unpaired) electrons. The van der Waals surface area contributed by atoms with Crippen LogP contribution in [0.5, 0.6) is 0 Å². The summed E-state index contributed by atoms with van der Waals surface area (Å²) < 4.78 is 0. The summed E-state index contributed by atoms with van der Waals surface area (Å²) in [5.74, 6) is 0.550. The largest absolute Gasteiger partial charge is 0.353 e. The maximum atomic E-state index is 12.9. The third kappa shape index (κ3) is 6.53. The molecule has 1 fully saturated rings. The van der Waals surface area contributed by atoms with Crippen LogP contribution < -0.4 is 10.2 Å². The lowest BCUT2D eigenvalue weighted by Gasteiger charge is -2.36. The van der Waals surface area contributed by atoms with Gasteiger partial charge in [0.2, 0.25) is 5.91 Å². The quantitative estimate of drug-likeness (QED) is 0.495. The molecule has 182 valence electrons. The highest BCUT2D eigenvalue weighted by atomic mass is 35.5. The second-order valence-electron chi connectivity index (χ2n) is 8.63. The lowest BCUT2D eigenvalue weighted by Crippen LogP contribution is -2.50. The first-order chi connectivity index (χ1) is 16.9. The van der Waals surface area contributed by atoms with Gasteiger partial charge in [0.25, 0.3) is 5.91 Å². The summed E-state index contributed by atoms with van der Waals surface area (Å²) in [6, 6.07) is 18.7. The van der Waals surface area contributed by atoms with Crippen LogP contribution in [0.4, 0.5) is 5.82 Å². The maximum Gasteiger partial charge on any atom is 0.252 e. The summed E-state index contributed by atoms with van der Waals surface area (Å²) in [6.45, 7) is 5.09. The van der Waals surface area contributed by atoms with Gasteiger partial charge in [0.1, 0.15) is 5.82 Å². The number of aromatic nitrogens is 1. The number of anilines is 1. The molecular formula is C27H28Cl2N4O2. The van der Waals surface area contributed by atoms with Crippen LogP contribution in [-0.4, -0.2) is 54.4 Å². The summed E-state index contributed by atoms with van der Waals surface area (Å²) in [6.07, 6.45) is 2.31. The summed E-state index contributed by atoms with van der Waals surface area (Å²) in [5.41, 5.74) is 2.56. The molecule has 1 saturated heterocycles. The Morgan fingerprint density at radius 3 is 2.37 bits per heavy atom. The van der Waals surface area contributed by atoms with Crippen LogP contribution >= 0.6 is 23.2 Å². The van der Waals surface area contributed by atoms with E-state index in [1.165, 1.54) is 0 Å². The Bertz CT molecular complexity index is 1160. The molecule has 1 atom stereocenters. The van der Waals surface area contributed by atoms with Gasteiger partial charge in [-0.1, -0.05) is 47.5 Å². The van der Waals surface area contributed by atoms with Crippen molar-refractivity contribution in [3.05, 3.63) is 93.6 Å². The van der Waals surface area contributed by atoms with E-state index >= 15 is 0 Å². The number of rotatable bonds is 7. The molecule has 4 rings (SSSR count). The number of halogens is 2. The highest BCUT2D eigenvalue weighted by Crippen LogP contribution is 2.22. The molecule has 2 amide bonds. The van der Waals surface area contributed by atoms with Crippen molar-refractivity contribution in [3.63, 3.8) is 0 Å². The van der Waals surface area contributed by atoms with E-state index in [0.29, 0.717) is 54.8 Å². The highest BCUT2D eigenvalue weighted by molar-refractivity contribution is 6.30. The normalized spacial score (nSPS) is 14.5. The average Bonchev–Trinajstić information content (AvgIpc) is 2.88. The molecule has 1 N–H and O–H groups in total. The Balaban J connectivity index is 1.25. The number of carbonyl (C=O) groups excluding carboxylic acids is 2. The van der Waals surface area contributed by atoms with Crippen molar-refractivity contribution in [2.45, 2.75) is 19.3 Å². The Hall–Kier alpha value is -3.09. The fourth-order valence-corrected chi connectivity index (χ4v) is 4.49. The van der Waals surface area contributed by atoms with Crippen LogP contribution in [-0.2, 0) is 11.2 Å². The van der Waals surface area contributed by atoms with Crippen molar-refractivity contribution in [3.8, 4) is 0 Å². The van der Waals surface area contributed by atoms with Gasteiger partial charge in [-0.2, -0.15) is 0 Å². The standard InChI is InChI=1S/C27H28Cl2N4O2/c1-19(21-5-8-23(28)9-6-21)27(35)33-15-13-32(14-16-33)25-10-7-22(18-31-25)26(34)30-12-11-20-3-2-4-24(29)17-20/h2-10,17-19H,11-16H2,1H3,(H,30,34). The number of hydrogen-bond acceptors (Lipinski definition) is 4. The Morgan fingerprint density at radius 1 is 0.971 bits per heavy atom. The minimum Gasteiger partial charge on any atom is -0.353 e. The van der Waals surface area contributed by atoms with Crippen LogP contribution in [0.25, 0.3) is 0 Å². The van der Waals surface area contributed by atoms with Gasteiger partial charge in [-0.05, 0) is 60.9 Å². The summed E-state index contributed by atoms with van der Waals surface area (Å²) in [7, 11) is 0. The van der Waals surface area contributed by atoms with Gasteiger partial charge in [0, 0.05) is 49.0 Å². The molecule has 35 heavy (non-hydrogen) atoms. The van der Waals surface area contributed by atoms with Crippen LogP contribution in [0.15, 0.2) is 66.9 Å². The van der Waals surface area contributed by atoms with Gasteiger partial charge in [-0.3, -0.25) is 9.59 Å². The lowest BCUT2D eigenvalue weighted by atomic mass is 9.99. The van der Waals surface area contributed by atoms with E-state index in [1.807, 2.05) is 66.4 Å². The number of carbonyl (C=O) groups is 2. The number of nitrogens with zero attached hydrogens (tertiary/aromatic N) is 3. The minimum atomic E-state index is -0.214. The summed E-state index contributed by atoms with van der Waals surface area (Å²) in [4.78, 5) is 33.9. The molecule has 2 aromatic carbocycles. The number of nitrogens with one attached hydrogen (secondary N) is 1. The number of piperazine rings is 1. The fourth-order valence-electron chi connectivity index (χ4n) is 4.15. The van der Waals surface area contributed by atoms with Crippen molar-refractivity contribution in [1.29, 1.82) is 0 Å². The first-order valence-electron chi connectivity index (χ1n) is 11.7. The molecule has 0 spiro atoms. The molecule has 1 aromatic heterocycles. The predicted octanol–water partition coefficient (Wildman–Crippen LogP) is 4.81. The highest BCUT2D eigenvalue weighted by Gasteiger charge is 2.26. The molecule has 3 aromatic rings. The topological polar surface area (TPSA) is 65.5 Å². The van der Waals surface area contributed by atoms with Crippen molar-refractivity contribution in [2.24, 2.45) is 0 Å². The molecule has 6 nitrogen and oxygen atoms in total. The van der Waals surface area contributed by atoms with E-state index in [-0.39, 0.29) is 17.7 Å². The van der Waals surface area contributed by atoms with Crippen LogP contribution in [0.3, 0.4) is 0 Å². The van der Waals surface area contributed by atoms with Gasteiger partial charge in [-0.25, -0.2) is 4.98 Å². The van der Waals surface area contributed by atoms with Crippen LogP contribution in [0, 0.1) is 0 Å². The summed E-state index contributed by atoms with van der Waals surface area (Å²) >= 11 is 12.0. The fraction of sp³-hybridized carbons (Fsp3) is 0.296. The van der Waals surface area contributed by atoms with E-state index in [1.54, 1.807) is 12.3 Å². The van der Waals surface area contributed by atoms with E-state index < -0.39 is 0 Å². The first kappa shape index (κ1) is 25.0. The van der Waals surface area contributed by atoms with Gasteiger partial charge < -0.3 is 15.1 Å². The van der Waals surface area contributed by atoms with Gasteiger partial charge >= 0.3 is 0 Å². The first-order valence-corrected chi connectivity index (χ1v) is 12.4. The maximum absolute atomic E-state index is 12.9. The van der Waals surface area contributed by atoms with E-state index in [4.69, 9.17) is 23.2 Å². The number of pyridine rings is 1. The van der Waals surface area contributed by atoms with Gasteiger partial charge in [-0.15, -0.1) is 0 Å². The molecule has 0 aliphatic carbocycles. The van der Waals surface area contributed by atoms with Crippen LogP contribution in [0.1, 0.15) is 34.3 Å². The van der Waals surface area contributed by atoms with Crippen LogP contribution in [0.2, 0.25) is 10.0 Å². The van der Waals surface area contributed by atoms with E-state index in [2.05, 4.69) is 15.2 Å². The Morgan fingerprint density at radius 2 is 1.71 bits per heavy atom. The molecular weight excluding hydrogens is 483 g/mol. The van der Waals surface area contributed by atoms with Gasteiger partial charge in [0.15, 0.2) is 0 Å². The smallest absolute Gasteiger partial charge is 0.252 e. The number of benzene rings is 2. The second-order valence-corrected chi connectivity index (χ2v) is 9.50. The Kier molecular flexibility index (Phi) is 8.26. The SMILES string of the molecule is CC(C(=O)N1CCN(c2ccc(C(=O)NCCc3cccc(Cl)c3)cn2)CC1)c1ccc(Cl)cc1. The lowest BCUT2D eigenvalue weighted by molar-refractivity contribution is -0.132. The molecule has 2 heterocycles. The third-order valence-corrected chi connectivity index (χ3v) is 6.74.